The van der Waals surface area contributed by atoms with Gasteiger partial charge in [0.25, 0.3) is 0 Å². The lowest BCUT2D eigenvalue weighted by molar-refractivity contribution is -0.387. The molecule has 0 saturated carbocycles. The van der Waals surface area contributed by atoms with Crippen LogP contribution in [0.15, 0.2) is 4.79 Å². The minimum atomic E-state index is -4.79. The van der Waals surface area contributed by atoms with Crippen LogP contribution in [-0.2, 0) is 13.2 Å². The van der Waals surface area contributed by atoms with Gasteiger partial charge in [-0.15, -0.1) is 5.10 Å². The molecule has 0 aliphatic carbocycles. The number of halogens is 3. The van der Waals surface area contributed by atoms with Crippen molar-refractivity contribution in [3.63, 3.8) is 0 Å². The van der Waals surface area contributed by atoms with Gasteiger partial charge < -0.3 is 0 Å². The third-order valence-electron chi connectivity index (χ3n) is 2.44. The van der Waals surface area contributed by atoms with Crippen LogP contribution in [0.2, 0.25) is 0 Å². The largest absolute Gasteiger partial charge is 0.451 e. The van der Waals surface area contributed by atoms with Crippen molar-refractivity contribution in [2.24, 2.45) is 7.05 Å². The van der Waals surface area contributed by atoms with Crippen molar-refractivity contribution in [2.45, 2.75) is 13.1 Å². The summed E-state index contributed by atoms with van der Waals surface area (Å²) in [5.41, 5.74) is -2.42. The maximum Gasteiger partial charge on any atom is 0.451 e. The summed E-state index contributed by atoms with van der Waals surface area (Å²) in [4.78, 5) is 25.0. The highest BCUT2D eigenvalue weighted by molar-refractivity contribution is 5.40. The highest BCUT2D eigenvalue weighted by Crippen LogP contribution is 2.28. The van der Waals surface area contributed by atoms with Gasteiger partial charge >= 0.3 is 17.4 Å². The number of nitro groups is 1. The number of aryl methyl sites for hydroxylation is 2. The summed E-state index contributed by atoms with van der Waals surface area (Å²) in [5.74, 6) is -1.78. The van der Waals surface area contributed by atoms with E-state index < -0.39 is 33.9 Å². The number of hydrogen-bond donors (Lipinski definition) is 0. The summed E-state index contributed by atoms with van der Waals surface area (Å²) in [6, 6.07) is 0. The van der Waals surface area contributed by atoms with E-state index in [0.717, 1.165) is 7.05 Å². The van der Waals surface area contributed by atoms with Gasteiger partial charge in [-0.2, -0.15) is 17.7 Å². The van der Waals surface area contributed by atoms with Gasteiger partial charge in [0.15, 0.2) is 0 Å². The van der Waals surface area contributed by atoms with Gasteiger partial charge in [-0.05, 0) is 6.92 Å². The SMILES string of the molecule is Cc1nc2n(C)c(C(F)(F)F)nn2c(=O)c1[N+](=O)[O-]. The lowest BCUT2D eigenvalue weighted by Gasteiger charge is -2.03. The lowest BCUT2D eigenvalue weighted by Crippen LogP contribution is -2.21. The number of fused-ring (bicyclic) bond motifs is 1. The van der Waals surface area contributed by atoms with Crippen LogP contribution >= 0.6 is 0 Å². The average Bonchev–Trinajstić information content (AvgIpc) is 2.55. The fourth-order valence-corrected chi connectivity index (χ4v) is 1.62. The molecule has 0 aliphatic heterocycles. The molecular formula is C8H6F3N5O3. The van der Waals surface area contributed by atoms with Crippen LogP contribution in [-0.4, -0.2) is 24.1 Å². The Bertz CT molecular complexity index is 745. The molecule has 0 atom stereocenters. The quantitative estimate of drug-likeness (QED) is 0.563. The van der Waals surface area contributed by atoms with Gasteiger partial charge in [-0.25, -0.2) is 4.98 Å². The molecule has 0 fully saturated rings. The van der Waals surface area contributed by atoms with Crippen LogP contribution in [0.5, 0.6) is 0 Å². The monoisotopic (exact) mass is 277 g/mol. The van der Waals surface area contributed by atoms with Crippen LogP contribution in [0.3, 0.4) is 0 Å². The highest BCUT2D eigenvalue weighted by atomic mass is 19.4. The van der Waals surface area contributed by atoms with E-state index in [1.807, 2.05) is 0 Å². The molecule has 0 saturated heterocycles. The van der Waals surface area contributed by atoms with Gasteiger partial charge in [-0.3, -0.25) is 19.5 Å². The molecule has 0 spiro atoms. The van der Waals surface area contributed by atoms with Crippen molar-refractivity contribution in [3.05, 3.63) is 32.0 Å². The molecule has 0 bridgehead atoms. The molecule has 2 aromatic heterocycles. The van der Waals surface area contributed by atoms with Gasteiger partial charge in [0.2, 0.25) is 11.6 Å². The Hall–Kier alpha value is -2.46. The number of hydrogen-bond acceptors (Lipinski definition) is 5. The molecular weight excluding hydrogens is 271 g/mol. The summed E-state index contributed by atoms with van der Waals surface area (Å²) >= 11 is 0. The van der Waals surface area contributed by atoms with Gasteiger partial charge in [0.1, 0.15) is 5.69 Å². The molecule has 8 nitrogen and oxygen atoms in total. The zero-order valence-corrected chi connectivity index (χ0v) is 9.59. The summed E-state index contributed by atoms with van der Waals surface area (Å²) in [6.45, 7) is 1.17. The molecule has 0 aliphatic rings. The molecule has 0 N–H and O–H groups in total. The van der Waals surface area contributed by atoms with Crippen molar-refractivity contribution < 1.29 is 18.1 Å². The van der Waals surface area contributed by atoms with E-state index in [9.17, 15) is 28.1 Å². The second-order valence-electron chi connectivity index (χ2n) is 3.70. The van der Waals surface area contributed by atoms with Crippen LogP contribution in [0.4, 0.5) is 18.9 Å². The summed E-state index contributed by atoms with van der Waals surface area (Å²) in [5, 5.41) is 13.7. The molecule has 0 unspecified atom stereocenters. The van der Waals surface area contributed by atoms with Gasteiger partial charge in [0, 0.05) is 7.05 Å². The smallest absolute Gasteiger partial charge is 0.292 e. The predicted molar refractivity (Wildman–Crippen MR) is 54.6 cm³/mol. The van der Waals surface area contributed by atoms with E-state index in [-0.39, 0.29) is 10.2 Å². The number of rotatable bonds is 1. The second kappa shape index (κ2) is 3.76. The molecule has 0 aromatic carbocycles. The molecule has 0 radical (unpaired) electrons. The summed E-state index contributed by atoms with van der Waals surface area (Å²) in [6.07, 6.45) is -4.79. The Morgan fingerprint density at radius 1 is 1.37 bits per heavy atom. The molecule has 0 amide bonds. The molecule has 19 heavy (non-hydrogen) atoms. The maximum atomic E-state index is 12.6. The standard InChI is InChI=1S/C8H6F3N5O3/c1-3-4(16(18)19)5(17)15-7(12-3)14(2)6(13-15)8(9,10)11/h1-2H3. The Balaban J connectivity index is 2.94. The van der Waals surface area contributed by atoms with Crippen LogP contribution < -0.4 is 5.56 Å². The van der Waals surface area contributed by atoms with E-state index >= 15 is 0 Å². The van der Waals surface area contributed by atoms with Crippen molar-refractivity contribution in [1.82, 2.24) is 19.2 Å². The Labute approximate surface area is 102 Å². The molecule has 2 rings (SSSR count). The zero-order chi connectivity index (χ0) is 14.5. The van der Waals surface area contributed by atoms with Crippen molar-refractivity contribution in [1.29, 1.82) is 0 Å². The molecule has 11 heteroatoms. The first-order chi connectivity index (χ1) is 8.64. The average molecular weight is 277 g/mol. The number of nitrogens with zero attached hydrogens (tertiary/aromatic N) is 5. The Morgan fingerprint density at radius 2 is 1.95 bits per heavy atom. The first kappa shape index (κ1) is 13.0. The second-order valence-corrected chi connectivity index (χ2v) is 3.70. The first-order valence-corrected chi connectivity index (χ1v) is 4.82. The van der Waals surface area contributed by atoms with Gasteiger partial charge in [-0.1, -0.05) is 0 Å². The summed E-state index contributed by atoms with van der Waals surface area (Å²) in [7, 11) is 1.02. The molecule has 2 aromatic rings. The third-order valence-corrected chi connectivity index (χ3v) is 2.44. The van der Waals surface area contributed by atoms with Crippen LogP contribution in [0.25, 0.3) is 5.78 Å². The van der Waals surface area contributed by atoms with Gasteiger partial charge in [0.05, 0.1) is 4.92 Å². The molecule has 102 valence electrons. The zero-order valence-electron chi connectivity index (χ0n) is 9.59. The van der Waals surface area contributed by atoms with Crippen molar-refractivity contribution in [3.8, 4) is 0 Å². The number of aromatic nitrogens is 4. The fraction of sp³-hybridized carbons (Fsp3) is 0.375. The number of alkyl halides is 3. The first-order valence-electron chi connectivity index (χ1n) is 4.82. The fourth-order valence-electron chi connectivity index (χ4n) is 1.62. The van der Waals surface area contributed by atoms with Crippen molar-refractivity contribution in [2.75, 3.05) is 0 Å². The van der Waals surface area contributed by atoms with E-state index in [2.05, 4.69) is 10.1 Å². The van der Waals surface area contributed by atoms with E-state index in [1.165, 1.54) is 6.92 Å². The Kier molecular flexibility index (Phi) is 2.57. The normalized spacial score (nSPS) is 12.1. The lowest BCUT2D eigenvalue weighted by atomic mass is 10.4. The van der Waals surface area contributed by atoms with Crippen LogP contribution in [0.1, 0.15) is 11.5 Å². The molecule has 2 heterocycles. The van der Waals surface area contributed by atoms with E-state index in [4.69, 9.17) is 0 Å². The maximum absolute atomic E-state index is 12.6. The van der Waals surface area contributed by atoms with Crippen molar-refractivity contribution >= 4 is 11.5 Å². The third kappa shape index (κ3) is 1.82. The minimum absolute atomic E-state index is 0.272. The van der Waals surface area contributed by atoms with E-state index in [1.54, 1.807) is 0 Å². The van der Waals surface area contributed by atoms with E-state index in [0.29, 0.717) is 4.57 Å². The Morgan fingerprint density at radius 3 is 2.42 bits per heavy atom. The highest BCUT2D eigenvalue weighted by Gasteiger charge is 2.38. The predicted octanol–water partition coefficient (Wildman–Crippen LogP) is 0.663. The topological polar surface area (TPSA) is 95.3 Å². The minimum Gasteiger partial charge on any atom is -0.292 e. The summed E-state index contributed by atoms with van der Waals surface area (Å²) < 4.78 is 38.7. The van der Waals surface area contributed by atoms with Crippen LogP contribution in [0, 0.1) is 17.0 Å².